The zero-order valence-corrected chi connectivity index (χ0v) is 19.6. The number of aryl methyl sites for hydroxylation is 1. The lowest BCUT2D eigenvalue weighted by Crippen LogP contribution is -2.55. The molecule has 0 unspecified atom stereocenters. The van der Waals surface area contributed by atoms with Crippen LogP contribution in [0.5, 0.6) is 0 Å². The number of ether oxygens (including phenoxy) is 2. The summed E-state index contributed by atoms with van der Waals surface area (Å²) >= 11 is 0. The van der Waals surface area contributed by atoms with Crippen molar-refractivity contribution in [2.45, 2.75) is 78.0 Å². The van der Waals surface area contributed by atoms with Crippen LogP contribution in [-0.2, 0) is 15.0 Å². The summed E-state index contributed by atoms with van der Waals surface area (Å²) in [5, 5.41) is 3.05. The van der Waals surface area contributed by atoms with Gasteiger partial charge in [0.1, 0.15) is 22.6 Å². The van der Waals surface area contributed by atoms with Gasteiger partial charge in [-0.15, -0.1) is 0 Å². The van der Waals surface area contributed by atoms with Crippen LogP contribution in [0.15, 0.2) is 18.2 Å². The number of hydrogen-bond donors (Lipinski definition) is 2. The van der Waals surface area contributed by atoms with Crippen molar-refractivity contribution >= 4 is 23.2 Å². The summed E-state index contributed by atoms with van der Waals surface area (Å²) in [6, 6.07) is 6.00. The number of nitrogens with one attached hydrogen (secondary N) is 2. The molecule has 1 saturated heterocycles. The van der Waals surface area contributed by atoms with E-state index in [1.54, 1.807) is 4.90 Å². The van der Waals surface area contributed by atoms with Crippen LogP contribution < -0.4 is 5.32 Å². The van der Waals surface area contributed by atoms with E-state index in [1.165, 1.54) is 0 Å². The molecular formula is C23H34N4O4. The largest absolute Gasteiger partial charge is 0.444 e. The van der Waals surface area contributed by atoms with E-state index in [4.69, 9.17) is 14.5 Å². The number of carbonyl (C=O) groups is 2. The number of aromatic nitrogens is 2. The molecule has 8 heteroatoms. The van der Waals surface area contributed by atoms with Gasteiger partial charge in [0.05, 0.1) is 11.0 Å². The van der Waals surface area contributed by atoms with E-state index in [0.29, 0.717) is 31.8 Å². The number of hydrogen-bond acceptors (Lipinski definition) is 5. The third-order valence-corrected chi connectivity index (χ3v) is 5.10. The summed E-state index contributed by atoms with van der Waals surface area (Å²) in [7, 11) is 0. The van der Waals surface area contributed by atoms with E-state index in [2.05, 4.69) is 10.3 Å². The molecule has 2 N–H and O–H groups in total. The zero-order valence-electron chi connectivity index (χ0n) is 19.6. The van der Waals surface area contributed by atoms with E-state index in [9.17, 15) is 9.59 Å². The van der Waals surface area contributed by atoms with E-state index >= 15 is 0 Å². The monoisotopic (exact) mass is 430 g/mol. The Morgan fingerprint density at radius 3 is 2.26 bits per heavy atom. The maximum absolute atomic E-state index is 12.7. The summed E-state index contributed by atoms with van der Waals surface area (Å²) in [6.45, 7) is 13.9. The van der Waals surface area contributed by atoms with Crippen LogP contribution in [0.1, 0.15) is 65.8 Å². The van der Waals surface area contributed by atoms with Gasteiger partial charge in [0.15, 0.2) is 0 Å². The highest BCUT2D eigenvalue weighted by molar-refractivity contribution is 5.77. The maximum atomic E-state index is 12.7. The molecule has 2 aromatic rings. The van der Waals surface area contributed by atoms with Crippen molar-refractivity contribution < 1.29 is 19.1 Å². The number of fused-ring (bicyclic) bond motifs is 1. The van der Waals surface area contributed by atoms with Gasteiger partial charge in [-0.05, 0) is 79.0 Å². The van der Waals surface area contributed by atoms with Crippen LogP contribution in [0, 0.1) is 6.92 Å². The highest BCUT2D eigenvalue weighted by atomic mass is 16.6. The molecule has 0 atom stereocenters. The Balaban J connectivity index is 1.87. The van der Waals surface area contributed by atoms with Gasteiger partial charge < -0.3 is 24.7 Å². The molecule has 3 rings (SSSR count). The minimum absolute atomic E-state index is 0.349. The zero-order chi connectivity index (χ0) is 23.0. The van der Waals surface area contributed by atoms with Gasteiger partial charge >= 0.3 is 12.2 Å². The molecule has 0 saturated carbocycles. The van der Waals surface area contributed by atoms with Gasteiger partial charge in [0, 0.05) is 13.1 Å². The van der Waals surface area contributed by atoms with Crippen LogP contribution in [-0.4, -0.2) is 51.3 Å². The van der Waals surface area contributed by atoms with Crippen LogP contribution in [0.25, 0.3) is 11.0 Å². The first-order valence-electron chi connectivity index (χ1n) is 10.7. The quantitative estimate of drug-likeness (QED) is 0.724. The smallest absolute Gasteiger partial charge is 0.410 e. The van der Waals surface area contributed by atoms with Crippen LogP contribution in [0.4, 0.5) is 9.59 Å². The predicted octanol–water partition coefficient (Wildman–Crippen LogP) is 4.62. The molecule has 0 aliphatic carbocycles. The number of likely N-dealkylation sites (tertiary alicyclic amines) is 1. The van der Waals surface area contributed by atoms with Crippen LogP contribution in [0.2, 0.25) is 0 Å². The van der Waals surface area contributed by atoms with Gasteiger partial charge in [-0.3, -0.25) is 0 Å². The van der Waals surface area contributed by atoms with Gasteiger partial charge in [0.25, 0.3) is 0 Å². The second-order valence-corrected chi connectivity index (χ2v) is 10.3. The van der Waals surface area contributed by atoms with Crippen molar-refractivity contribution in [3.63, 3.8) is 0 Å². The van der Waals surface area contributed by atoms with E-state index in [0.717, 1.165) is 16.6 Å². The summed E-state index contributed by atoms with van der Waals surface area (Å²) in [5.41, 5.74) is 0.921. The standard InChI is InChI=1S/C23H34N4O4/c1-15-8-9-16-17(14-15)25-18(24-16)23(26-19(28)30-21(2,3)4)10-12-27(13-11-23)20(29)31-22(5,6)7/h8-9,14H,10-13H2,1-7H3,(H,24,25)(H,26,28). The first kappa shape index (κ1) is 22.9. The lowest BCUT2D eigenvalue weighted by molar-refractivity contribution is 0.0107. The number of piperidine rings is 1. The second-order valence-electron chi connectivity index (χ2n) is 10.3. The third-order valence-electron chi connectivity index (χ3n) is 5.10. The van der Waals surface area contributed by atoms with Crippen molar-refractivity contribution in [1.82, 2.24) is 20.2 Å². The maximum Gasteiger partial charge on any atom is 0.410 e. The van der Waals surface area contributed by atoms with Crippen molar-refractivity contribution in [2.75, 3.05) is 13.1 Å². The summed E-state index contributed by atoms with van der Waals surface area (Å²) in [4.78, 5) is 35.0. The average molecular weight is 431 g/mol. The first-order valence-corrected chi connectivity index (χ1v) is 10.7. The fraction of sp³-hybridized carbons (Fsp3) is 0.609. The molecule has 8 nitrogen and oxygen atoms in total. The summed E-state index contributed by atoms with van der Waals surface area (Å²) < 4.78 is 11.0. The van der Waals surface area contributed by atoms with Crippen molar-refractivity contribution in [2.24, 2.45) is 0 Å². The molecule has 2 heterocycles. The number of carbonyl (C=O) groups excluding carboxylic acids is 2. The third kappa shape index (κ3) is 5.68. The molecule has 0 spiro atoms. The lowest BCUT2D eigenvalue weighted by atomic mass is 9.86. The Morgan fingerprint density at radius 2 is 1.68 bits per heavy atom. The van der Waals surface area contributed by atoms with E-state index in [1.807, 2.05) is 66.7 Å². The molecule has 1 aliphatic rings. The van der Waals surface area contributed by atoms with Crippen molar-refractivity contribution in [3.05, 3.63) is 29.6 Å². The summed E-state index contributed by atoms with van der Waals surface area (Å²) in [6.07, 6.45) is 0.127. The average Bonchev–Trinajstić information content (AvgIpc) is 3.02. The van der Waals surface area contributed by atoms with E-state index in [-0.39, 0.29) is 6.09 Å². The summed E-state index contributed by atoms with van der Waals surface area (Å²) in [5.74, 6) is 0.669. The molecule has 31 heavy (non-hydrogen) atoms. The highest BCUT2D eigenvalue weighted by Crippen LogP contribution is 2.34. The molecule has 1 aromatic heterocycles. The fourth-order valence-corrected chi connectivity index (χ4v) is 3.67. The van der Waals surface area contributed by atoms with Crippen molar-refractivity contribution in [1.29, 1.82) is 0 Å². The van der Waals surface area contributed by atoms with Crippen molar-refractivity contribution in [3.8, 4) is 0 Å². The molecule has 1 aromatic carbocycles. The molecule has 170 valence electrons. The van der Waals surface area contributed by atoms with Gasteiger partial charge in [-0.2, -0.15) is 0 Å². The van der Waals surface area contributed by atoms with Crippen LogP contribution in [0.3, 0.4) is 0 Å². The first-order chi connectivity index (χ1) is 14.3. The molecule has 1 aliphatic heterocycles. The lowest BCUT2D eigenvalue weighted by Gasteiger charge is -2.41. The highest BCUT2D eigenvalue weighted by Gasteiger charge is 2.43. The number of benzene rings is 1. The minimum atomic E-state index is -0.770. The Hall–Kier alpha value is -2.77. The molecule has 0 bridgehead atoms. The Bertz CT molecular complexity index is 960. The fourth-order valence-electron chi connectivity index (χ4n) is 3.67. The van der Waals surface area contributed by atoms with E-state index < -0.39 is 22.8 Å². The number of nitrogens with zero attached hydrogens (tertiary/aromatic N) is 2. The number of rotatable bonds is 2. The minimum Gasteiger partial charge on any atom is -0.444 e. The van der Waals surface area contributed by atoms with Gasteiger partial charge in [-0.1, -0.05) is 6.07 Å². The van der Waals surface area contributed by atoms with Gasteiger partial charge in [-0.25, -0.2) is 14.6 Å². The van der Waals surface area contributed by atoms with Gasteiger partial charge in [0.2, 0.25) is 0 Å². The molecule has 0 radical (unpaired) electrons. The number of H-pyrrole nitrogens is 1. The Labute approximate surface area is 183 Å². The number of amides is 2. The van der Waals surface area contributed by atoms with Crippen LogP contribution >= 0.6 is 0 Å². The molecule has 1 fully saturated rings. The predicted molar refractivity (Wildman–Crippen MR) is 119 cm³/mol. The second kappa shape index (κ2) is 8.05. The number of alkyl carbamates (subject to hydrolysis) is 1. The number of imidazole rings is 1. The SMILES string of the molecule is Cc1ccc2nc(C3(NC(=O)OC(C)(C)C)CCN(C(=O)OC(C)(C)C)CC3)[nH]c2c1. The topological polar surface area (TPSA) is 96.6 Å². The number of aromatic amines is 1. The Kier molecular flexibility index (Phi) is 5.95. The molecular weight excluding hydrogens is 396 g/mol. The Morgan fingerprint density at radius 1 is 1.06 bits per heavy atom. The molecule has 2 amide bonds. The normalized spacial score (nSPS) is 16.8.